The molecular weight excluding hydrogens is 234 g/mol. The second kappa shape index (κ2) is 5.01. The molecule has 1 fully saturated rings. The highest BCUT2D eigenvalue weighted by molar-refractivity contribution is 5.86. The van der Waals surface area contributed by atoms with Gasteiger partial charge in [-0.3, -0.25) is 0 Å². The van der Waals surface area contributed by atoms with Gasteiger partial charge in [-0.2, -0.15) is 0 Å². The molecule has 1 unspecified atom stereocenters. The van der Waals surface area contributed by atoms with Crippen molar-refractivity contribution in [3.05, 3.63) is 35.1 Å². The first-order valence-corrected chi connectivity index (χ1v) is 7.45. The average molecular weight is 257 g/mol. The Morgan fingerprint density at radius 3 is 2.79 bits per heavy atom. The second-order valence-electron chi connectivity index (χ2n) is 5.78. The fourth-order valence-electron chi connectivity index (χ4n) is 2.93. The first-order chi connectivity index (χ1) is 9.26. The topological polar surface area (TPSA) is 25.2 Å². The summed E-state index contributed by atoms with van der Waals surface area (Å²) in [5.74, 6) is 2.44. The van der Waals surface area contributed by atoms with Gasteiger partial charge in [-0.1, -0.05) is 32.0 Å². The maximum atomic E-state index is 6.23. The Morgan fingerprint density at radius 2 is 2.16 bits per heavy atom. The lowest BCUT2D eigenvalue weighted by molar-refractivity contribution is 0.518. The molecule has 0 radical (unpaired) electrons. The minimum absolute atomic E-state index is 0.560. The van der Waals surface area contributed by atoms with Gasteiger partial charge in [0.25, 0.3) is 0 Å². The zero-order valence-electron chi connectivity index (χ0n) is 12.1. The Morgan fingerprint density at radius 1 is 1.37 bits per heavy atom. The summed E-state index contributed by atoms with van der Waals surface area (Å²) in [6.07, 6.45) is 3.79. The van der Waals surface area contributed by atoms with Crippen molar-refractivity contribution in [3.8, 4) is 0 Å². The van der Waals surface area contributed by atoms with Crippen LogP contribution in [0.25, 0.3) is 11.0 Å². The van der Waals surface area contributed by atoms with Crippen LogP contribution in [-0.2, 0) is 6.54 Å². The molecule has 1 aromatic carbocycles. The Bertz CT molecular complexity index is 580. The molecule has 2 heteroatoms. The molecule has 3 rings (SSSR count). The molecule has 1 saturated carbocycles. The fraction of sp³-hybridized carbons (Fsp3) is 0.529. The van der Waals surface area contributed by atoms with Gasteiger partial charge in [0.15, 0.2) is 0 Å². The van der Waals surface area contributed by atoms with Crippen molar-refractivity contribution in [2.45, 2.75) is 51.5 Å². The van der Waals surface area contributed by atoms with Gasteiger partial charge < -0.3 is 9.73 Å². The SMILES string of the molecule is CCC(C)c1cccc2c(C3CC3)c(CNC)oc12. The largest absolute Gasteiger partial charge is 0.459 e. The number of hydrogen-bond donors (Lipinski definition) is 1. The van der Waals surface area contributed by atoms with E-state index in [1.807, 2.05) is 7.05 Å². The molecule has 2 nitrogen and oxygen atoms in total. The smallest absolute Gasteiger partial charge is 0.138 e. The number of nitrogens with one attached hydrogen (secondary N) is 1. The third-order valence-corrected chi connectivity index (χ3v) is 4.33. The summed E-state index contributed by atoms with van der Waals surface area (Å²) < 4.78 is 6.23. The monoisotopic (exact) mass is 257 g/mol. The molecule has 1 aliphatic rings. The molecule has 1 aromatic heterocycles. The predicted molar refractivity (Wildman–Crippen MR) is 79.7 cm³/mol. The summed E-state index contributed by atoms with van der Waals surface area (Å²) in [4.78, 5) is 0. The van der Waals surface area contributed by atoms with E-state index in [2.05, 4.69) is 37.4 Å². The first-order valence-electron chi connectivity index (χ1n) is 7.45. The summed E-state index contributed by atoms with van der Waals surface area (Å²) in [6, 6.07) is 6.64. The van der Waals surface area contributed by atoms with Crippen molar-refractivity contribution in [2.75, 3.05) is 7.05 Å². The van der Waals surface area contributed by atoms with Gasteiger partial charge in [-0.15, -0.1) is 0 Å². The lowest BCUT2D eigenvalue weighted by Gasteiger charge is -2.09. The molecule has 1 heterocycles. The average Bonchev–Trinajstić information content (AvgIpc) is 3.19. The summed E-state index contributed by atoms with van der Waals surface area (Å²) >= 11 is 0. The van der Waals surface area contributed by atoms with Crippen molar-refractivity contribution in [3.63, 3.8) is 0 Å². The minimum atomic E-state index is 0.560. The molecule has 1 atom stereocenters. The van der Waals surface area contributed by atoms with E-state index in [1.54, 1.807) is 0 Å². The predicted octanol–water partition coefficient (Wildman–Crippen LogP) is 4.54. The van der Waals surface area contributed by atoms with Gasteiger partial charge in [-0.05, 0) is 43.7 Å². The van der Waals surface area contributed by atoms with Crippen LogP contribution in [0.4, 0.5) is 0 Å². The van der Waals surface area contributed by atoms with E-state index in [-0.39, 0.29) is 0 Å². The number of furan rings is 1. The number of para-hydroxylation sites is 1. The highest BCUT2D eigenvalue weighted by Gasteiger charge is 2.31. The van der Waals surface area contributed by atoms with E-state index in [0.717, 1.165) is 30.2 Å². The van der Waals surface area contributed by atoms with Crippen molar-refractivity contribution < 1.29 is 4.42 Å². The van der Waals surface area contributed by atoms with Gasteiger partial charge in [0, 0.05) is 10.9 Å². The molecule has 1 aliphatic carbocycles. The zero-order valence-corrected chi connectivity index (χ0v) is 12.1. The van der Waals surface area contributed by atoms with Gasteiger partial charge >= 0.3 is 0 Å². The molecular formula is C17H23NO. The second-order valence-corrected chi connectivity index (χ2v) is 5.78. The number of hydrogen-bond acceptors (Lipinski definition) is 2. The molecule has 0 amide bonds. The normalized spacial score (nSPS) is 17.0. The van der Waals surface area contributed by atoms with Crippen molar-refractivity contribution in [2.24, 2.45) is 0 Å². The van der Waals surface area contributed by atoms with Crippen LogP contribution < -0.4 is 5.32 Å². The minimum Gasteiger partial charge on any atom is -0.459 e. The molecule has 0 saturated heterocycles. The van der Waals surface area contributed by atoms with Crippen molar-refractivity contribution in [1.29, 1.82) is 0 Å². The van der Waals surface area contributed by atoms with Crippen LogP contribution in [0.2, 0.25) is 0 Å². The van der Waals surface area contributed by atoms with E-state index in [1.165, 1.54) is 29.4 Å². The molecule has 0 aliphatic heterocycles. The number of rotatable bonds is 5. The van der Waals surface area contributed by atoms with Gasteiger partial charge in [-0.25, -0.2) is 0 Å². The molecule has 0 spiro atoms. The van der Waals surface area contributed by atoms with E-state index in [9.17, 15) is 0 Å². The maximum Gasteiger partial charge on any atom is 0.138 e. The lowest BCUT2D eigenvalue weighted by Crippen LogP contribution is -2.05. The lowest BCUT2D eigenvalue weighted by atomic mass is 9.95. The number of benzene rings is 1. The van der Waals surface area contributed by atoms with Gasteiger partial charge in [0.05, 0.1) is 6.54 Å². The quantitative estimate of drug-likeness (QED) is 0.850. The molecule has 1 N–H and O–H groups in total. The van der Waals surface area contributed by atoms with E-state index < -0.39 is 0 Å². The third kappa shape index (κ3) is 2.18. The van der Waals surface area contributed by atoms with Gasteiger partial charge in [0.2, 0.25) is 0 Å². The summed E-state index contributed by atoms with van der Waals surface area (Å²) in [7, 11) is 1.99. The Labute approximate surface area is 115 Å². The highest BCUT2D eigenvalue weighted by atomic mass is 16.3. The zero-order chi connectivity index (χ0) is 13.4. The van der Waals surface area contributed by atoms with Crippen LogP contribution >= 0.6 is 0 Å². The van der Waals surface area contributed by atoms with Crippen LogP contribution in [-0.4, -0.2) is 7.05 Å². The Balaban J connectivity index is 2.18. The summed E-state index contributed by atoms with van der Waals surface area (Å²) in [6.45, 7) is 5.36. The fourth-order valence-corrected chi connectivity index (χ4v) is 2.93. The standard InChI is InChI=1S/C17H23NO/c1-4-11(2)13-6-5-7-14-16(12-8-9-12)15(10-18-3)19-17(13)14/h5-7,11-12,18H,4,8-10H2,1-3H3. The Hall–Kier alpha value is -1.28. The van der Waals surface area contributed by atoms with Crippen molar-refractivity contribution >= 4 is 11.0 Å². The number of fused-ring (bicyclic) bond motifs is 1. The van der Waals surface area contributed by atoms with Crippen molar-refractivity contribution in [1.82, 2.24) is 5.32 Å². The molecule has 19 heavy (non-hydrogen) atoms. The van der Waals surface area contributed by atoms with E-state index in [4.69, 9.17) is 4.42 Å². The maximum absolute atomic E-state index is 6.23. The van der Waals surface area contributed by atoms with E-state index in [0.29, 0.717) is 5.92 Å². The van der Waals surface area contributed by atoms with Crippen LogP contribution in [0.15, 0.2) is 22.6 Å². The van der Waals surface area contributed by atoms with Crippen LogP contribution in [0.3, 0.4) is 0 Å². The summed E-state index contributed by atoms with van der Waals surface area (Å²) in [5, 5.41) is 4.59. The summed E-state index contributed by atoms with van der Waals surface area (Å²) in [5.41, 5.74) is 3.96. The van der Waals surface area contributed by atoms with Crippen LogP contribution in [0.1, 0.15) is 61.8 Å². The molecule has 102 valence electrons. The molecule has 0 bridgehead atoms. The molecule has 2 aromatic rings. The first kappa shape index (κ1) is 12.7. The van der Waals surface area contributed by atoms with E-state index >= 15 is 0 Å². The third-order valence-electron chi connectivity index (χ3n) is 4.33. The van der Waals surface area contributed by atoms with Crippen LogP contribution in [0.5, 0.6) is 0 Å². The van der Waals surface area contributed by atoms with Gasteiger partial charge in [0.1, 0.15) is 11.3 Å². The van der Waals surface area contributed by atoms with Crippen LogP contribution in [0, 0.1) is 0 Å². The highest BCUT2D eigenvalue weighted by Crippen LogP contribution is 2.47. The Kier molecular flexibility index (Phi) is 3.36.